The summed E-state index contributed by atoms with van der Waals surface area (Å²) in [6.07, 6.45) is 1.31. The Morgan fingerprint density at radius 1 is 1.20 bits per heavy atom. The lowest BCUT2D eigenvalue weighted by atomic mass is 10.0. The third-order valence-corrected chi connectivity index (χ3v) is 3.81. The van der Waals surface area contributed by atoms with E-state index in [0.717, 1.165) is 10.0 Å². The van der Waals surface area contributed by atoms with Crippen LogP contribution >= 0.6 is 15.9 Å². The topological polar surface area (TPSA) is 43.1 Å². The molecule has 0 saturated heterocycles. The van der Waals surface area contributed by atoms with Crippen LogP contribution in [-0.2, 0) is 17.6 Å². The first-order chi connectivity index (χ1) is 9.54. The number of carbonyl (C=O) groups is 1. The van der Waals surface area contributed by atoms with Crippen LogP contribution in [-0.4, -0.2) is 5.78 Å². The highest BCUT2D eigenvalue weighted by Crippen LogP contribution is 2.19. The predicted molar refractivity (Wildman–Crippen MR) is 82.0 cm³/mol. The summed E-state index contributed by atoms with van der Waals surface area (Å²) in [5, 5.41) is 0. The van der Waals surface area contributed by atoms with E-state index in [1.165, 1.54) is 12.1 Å². The lowest BCUT2D eigenvalue weighted by Crippen LogP contribution is -2.05. The Labute approximate surface area is 125 Å². The molecule has 2 aromatic carbocycles. The van der Waals surface area contributed by atoms with Crippen molar-refractivity contribution in [2.45, 2.75) is 19.3 Å². The largest absolute Gasteiger partial charge is 0.399 e. The van der Waals surface area contributed by atoms with Crippen molar-refractivity contribution in [3.05, 3.63) is 63.9 Å². The van der Waals surface area contributed by atoms with Crippen LogP contribution in [0.5, 0.6) is 0 Å². The number of carbonyl (C=O) groups excluding carboxylic acids is 1. The molecule has 0 amide bonds. The van der Waals surface area contributed by atoms with Gasteiger partial charge in [0, 0.05) is 23.0 Å². The SMILES string of the molecule is Nc1cccc(CCC(=O)Cc2cc(F)ccc2Br)c1. The molecule has 0 aliphatic heterocycles. The molecule has 20 heavy (non-hydrogen) atoms. The number of nitrogens with two attached hydrogens (primary N) is 1. The summed E-state index contributed by atoms with van der Waals surface area (Å²) in [6, 6.07) is 11.9. The Morgan fingerprint density at radius 2 is 2.00 bits per heavy atom. The zero-order valence-corrected chi connectivity index (χ0v) is 12.5. The highest BCUT2D eigenvalue weighted by atomic mass is 79.9. The van der Waals surface area contributed by atoms with Crippen molar-refractivity contribution in [2.24, 2.45) is 0 Å². The molecule has 0 atom stereocenters. The quantitative estimate of drug-likeness (QED) is 0.841. The molecule has 2 rings (SSSR count). The fourth-order valence-corrected chi connectivity index (χ4v) is 2.40. The van der Waals surface area contributed by atoms with E-state index in [1.807, 2.05) is 24.3 Å². The Balaban J connectivity index is 1.94. The Bertz CT molecular complexity index is 628. The molecule has 0 spiro atoms. The Kier molecular flexibility index (Phi) is 4.90. The van der Waals surface area contributed by atoms with E-state index >= 15 is 0 Å². The minimum Gasteiger partial charge on any atom is -0.399 e. The number of hydrogen-bond acceptors (Lipinski definition) is 2. The van der Waals surface area contributed by atoms with Gasteiger partial charge < -0.3 is 5.73 Å². The number of hydrogen-bond donors (Lipinski definition) is 1. The minimum absolute atomic E-state index is 0.0822. The van der Waals surface area contributed by atoms with Crippen molar-refractivity contribution >= 4 is 27.4 Å². The van der Waals surface area contributed by atoms with Gasteiger partial charge in [-0.2, -0.15) is 0 Å². The van der Waals surface area contributed by atoms with Crippen molar-refractivity contribution in [3.63, 3.8) is 0 Å². The van der Waals surface area contributed by atoms with E-state index in [-0.39, 0.29) is 18.0 Å². The van der Waals surface area contributed by atoms with Crippen molar-refractivity contribution in [1.82, 2.24) is 0 Å². The van der Waals surface area contributed by atoms with Gasteiger partial charge in [0.1, 0.15) is 11.6 Å². The monoisotopic (exact) mass is 335 g/mol. The molecule has 0 radical (unpaired) electrons. The van der Waals surface area contributed by atoms with Crippen LogP contribution in [0.1, 0.15) is 17.5 Å². The second-order valence-electron chi connectivity index (χ2n) is 4.70. The van der Waals surface area contributed by atoms with Gasteiger partial charge in [0.05, 0.1) is 0 Å². The lowest BCUT2D eigenvalue weighted by molar-refractivity contribution is -0.118. The van der Waals surface area contributed by atoms with Gasteiger partial charge in [0.2, 0.25) is 0 Å². The molecule has 0 unspecified atom stereocenters. The summed E-state index contributed by atoms with van der Waals surface area (Å²) in [4.78, 5) is 12.0. The highest BCUT2D eigenvalue weighted by molar-refractivity contribution is 9.10. The van der Waals surface area contributed by atoms with Crippen molar-refractivity contribution in [2.75, 3.05) is 5.73 Å². The fourth-order valence-electron chi connectivity index (χ4n) is 2.01. The highest BCUT2D eigenvalue weighted by Gasteiger charge is 2.08. The van der Waals surface area contributed by atoms with E-state index in [9.17, 15) is 9.18 Å². The second kappa shape index (κ2) is 6.66. The van der Waals surface area contributed by atoms with Crippen LogP contribution in [0.15, 0.2) is 46.9 Å². The van der Waals surface area contributed by atoms with Crippen molar-refractivity contribution < 1.29 is 9.18 Å². The third kappa shape index (κ3) is 4.17. The first-order valence-corrected chi connectivity index (χ1v) is 7.14. The minimum atomic E-state index is -0.327. The van der Waals surface area contributed by atoms with Crippen molar-refractivity contribution in [1.29, 1.82) is 0 Å². The second-order valence-corrected chi connectivity index (χ2v) is 5.55. The predicted octanol–water partition coefficient (Wildman–Crippen LogP) is 3.91. The van der Waals surface area contributed by atoms with Gasteiger partial charge >= 0.3 is 0 Å². The maximum atomic E-state index is 13.1. The number of aryl methyl sites for hydroxylation is 1. The van der Waals surface area contributed by atoms with E-state index in [4.69, 9.17) is 5.73 Å². The van der Waals surface area contributed by atoms with Crippen LogP contribution in [0.2, 0.25) is 0 Å². The first kappa shape index (κ1) is 14.7. The first-order valence-electron chi connectivity index (χ1n) is 6.34. The maximum Gasteiger partial charge on any atom is 0.137 e. The number of rotatable bonds is 5. The fraction of sp³-hybridized carbons (Fsp3) is 0.188. The van der Waals surface area contributed by atoms with Gasteiger partial charge in [-0.1, -0.05) is 28.1 Å². The zero-order chi connectivity index (χ0) is 14.5. The number of ketones is 1. The molecule has 2 N–H and O–H groups in total. The summed E-state index contributed by atoms with van der Waals surface area (Å²) in [7, 11) is 0. The maximum absolute atomic E-state index is 13.1. The molecule has 2 aromatic rings. The van der Waals surface area contributed by atoms with E-state index in [1.54, 1.807) is 6.07 Å². The molecule has 0 aromatic heterocycles. The third-order valence-electron chi connectivity index (χ3n) is 3.04. The molecule has 0 bridgehead atoms. The summed E-state index contributed by atoms with van der Waals surface area (Å²) < 4.78 is 13.9. The van der Waals surface area contributed by atoms with Gasteiger partial charge in [-0.3, -0.25) is 4.79 Å². The molecule has 0 aliphatic rings. The van der Waals surface area contributed by atoms with Crippen LogP contribution in [0.3, 0.4) is 0 Å². The standard InChI is InChI=1S/C16H15BrFNO/c17-16-7-5-13(18)9-12(16)10-15(20)6-4-11-2-1-3-14(19)8-11/h1-3,5,7-9H,4,6,10,19H2. The van der Waals surface area contributed by atoms with E-state index in [0.29, 0.717) is 24.1 Å². The average Bonchev–Trinajstić information content (AvgIpc) is 2.41. The Morgan fingerprint density at radius 3 is 2.75 bits per heavy atom. The molecule has 0 heterocycles. The van der Waals surface area contributed by atoms with Gasteiger partial charge in [-0.15, -0.1) is 0 Å². The molecular weight excluding hydrogens is 321 g/mol. The summed E-state index contributed by atoms with van der Waals surface area (Å²) >= 11 is 3.33. The molecule has 0 fully saturated rings. The lowest BCUT2D eigenvalue weighted by Gasteiger charge is -2.05. The molecule has 0 aliphatic carbocycles. The van der Waals surface area contributed by atoms with E-state index in [2.05, 4.69) is 15.9 Å². The van der Waals surface area contributed by atoms with Crippen LogP contribution in [0.4, 0.5) is 10.1 Å². The van der Waals surface area contributed by atoms with Crippen LogP contribution in [0, 0.1) is 5.82 Å². The molecule has 0 saturated carbocycles. The number of anilines is 1. The molecular formula is C16H15BrFNO. The van der Waals surface area contributed by atoms with E-state index < -0.39 is 0 Å². The van der Waals surface area contributed by atoms with Gasteiger partial charge in [0.25, 0.3) is 0 Å². The van der Waals surface area contributed by atoms with Crippen molar-refractivity contribution in [3.8, 4) is 0 Å². The van der Waals surface area contributed by atoms with Gasteiger partial charge in [-0.25, -0.2) is 4.39 Å². The van der Waals surface area contributed by atoms with Gasteiger partial charge in [-0.05, 0) is 47.9 Å². The summed E-state index contributed by atoms with van der Waals surface area (Å²) in [5.41, 5.74) is 8.11. The smallest absolute Gasteiger partial charge is 0.137 e. The number of benzene rings is 2. The van der Waals surface area contributed by atoms with Crippen LogP contribution < -0.4 is 5.73 Å². The number of nitrogen functional groups attached to an aromatic ring is 1. The zero-order valence-electron chi connectivity index (χ0n) is 10.9. The summed E-state index contributed by atoms with van der Waals surface area (Å²) in [6.45, 7) is 0. The Hall–Kier alpha value is -1.68. The average molecular weight is 336 g/mol. The summed E-state index contributed by atoms with van der Waals surface area (Å²) in [5.74, 6) is -0.245. The van der Waals surface area contributed by atoms with Crippen LogP contribution in [0.25, 0.3) is 0 Å². The normalized spacial score (nSPS) is 10.5. The number of halogens is 2. The molecule has 104 valence electrons. The van der Waals surface area contributed by atoms with Gasteiger partial charge in [0.15, 0.2) is 0 Å². The molecule has 2 nitrogen and oxygen atoms in total. The number of Topliss-reactive ketones (excluding diaryl/α,β-unsaturated/α-hetero) is 1. The molecule has 4 heteroatoms.